The summed E-state index contributed by atoms with van der Waals surface area (Å²) >= 11 is 0. The predicted octanol–water partition coefficient (Wildman–Crippen LogP) is 1.82. The van der Waals surface area contributed by atoms with Crippen LogP contribution in [-0.2, 0) is 16.1 Å². The number of hydrogen-bond donors (Lipinski definition) is 1. The van der Waals surface area contributed by atoms with Gasteiger partial charge in [-0.1, -0.05) is 18.2 Å². The minimum absolute atomic E-state index is 0.0442. The molecular weight excluding hydrogens is 301 g/mol. The van der Waals surface area contributed by atoms with Crippen molar-refractivity contribution in [1.82, 2.24) is 10.2 Å². The molecule has 120 valence electrons. The van der Waals surface area contributed by atoms with Crippen molar-refractivity contribution in [2.45, 2.75) is 31.8 Å². The molecule has 0 bridgehead atoms. The highest BCUT2D eigenvalue weighted by molar-refractivity contribution is 5.90. The van der Waals surface area contributed by atoms with Crippen LogP contribution in [0.2, 0.25) is 0 Å². The second kappa shape index (κ2) is 6.25. The molecule has 1 heterocycles. The van der Waals surface area contributed by atoms with Crippen LogP contribution in [0, 0.1) is 0 Å². The summed E-state index contributed by atoms with van der Waals surface area (Å²) in [5.41, 5.74) is 0.236. The molecule has 2 rings (SSSR count). The maximum Gasteiger partial charge on any atom is 0.573 e. The SMILES string of the molecule is CN(Cc1ccccc1OC(F)(F)F)C(=O)[C@H]1CCC(=O)N1. The molecule has 22 heavy (non-hydrogen) atoms. The van der Waals surface area contributed by atoms with Crippen LogP contribution in [0.25, 0.3) is 0 Å². The Morgan fingerprint density at radius 3 is 2.68 bits per heavy atom. The summed E-state index contributed by atoms with van der Waals surface area (Å²) < 4.78 is 41.0. The fourth-order valence-corrected chi connectivity index (χ4v) is 2.26. The van der Waals surface area contributed by atoms with Gasteiger partial charge in [-0.25, -0.2) is 0 Å². The van der Waals surface area contributed by atoms with Crippen molar-refractivity contribution >= 4 is 11.8 Å². The molecule has 1 saturated heterocycles. The van der Waals surface area contributed by atoms with Gasteiger partial charge in [0.1, 0.15) is 11.8 Å². The standard InChI is InChI=1S/C14H15F3N2O3/c1-19(13(21)10-6-7-12(20)18-10)8-9-4-2-3-5-11(9)22-14(15,16)17/h2-5,10H,6-8H2,1H3,(H,18,20)/t10-/m1/s1. The lowest BCUT2D eigenvalue weighted by Gasteiger charge is -2.22. The second-order valence-electron chi connectivity index (χ2n) is 5.01. The molecule has 0 spiro atoms. The van der Waals surface area contributed by atoms with Crippen molar-refractivity contribution in [3.63, 3.8) is 0 Å². The van der Waals surface area contributed by atoms with Crippen molar-refractivity contribution in [3.8, 4) is 5.75 Å². The molecule has 1 fully saturated rings. The average Bonchev–Trinajstić information content (AvgIpc) is 2.85. The quantitative estimate of drug-likeness (QED) is 0.922. The van der Waals surface area contributed by atoms with Gasteiger partial charge in [-0.05, 0) is 12.5 Å². The summed E-state index contributed by atoms with van der Waals surface area (Å²) in [5.74, 6) is -0.884. The van der Waals surface area contributed by atoms with Gasteiger partial charge in [-0.15, -0.1) is 13.2 Å². The number of benzene rings is 1. The molecule has 0 radical (unpaired) electrons. The van der Waals surface area contributed by atoms with Gasteiger partial charge in [-0.2, -0.15) is 0 Å². The molecule has 0 saturated carbocycles. The van der Waals surface area contributed by atoms with Crippen molar-refractivity contribution in [1.29, 1.82) is 0 Å². The number of nitrogens with zero attached hydrogens (tertiary/aromatic N) is 1. The number of nitrogens with one attached hydrogen (secondary N) is 1. The van der Waals surface area contributed by atoms with Gasteiger partial charge in [0.2, 0.25) is 11.8 Å². The molecule has 0 aliphatic carbocycles. The molecule has 1 aromatic carbocycles. The van der Waals surface area contributed by atoms with Crippen LogP contribution in [0.15, 0.2) is 24.3 Å². The van der Waals surface area contributed by atoms with Crippen LogP contribution in [-0.4, -0.2) is 36.2 Å². The van der Waals surface area contributed by atoms with Gasteiger partial charge in [0.25, 0.3) is 0 Å². The van der Waals surface area contributed by atoms with E-state index >= 15 is 0 Å². The molecule has 1 aromatic rings. The van der Waals surface area contributed by atoms with E-state index in [4.69, 9.17) is 0 Å². The van der Waals surface area contributed by atoms with Crippen molar-refractivity contribution in [3.05, 3.63) is 29.8 Å². The number of hydrogen-bond acceptors (Lipinski definition) is 3. The fourth-order valence-electron chi connectivity index (χ4n) is 2.26. The van der Waals surface area contributed by atoms with Crippen LogP contribution < -0.4 is 10.1 Å². The number of para-hydroxylation sites is 1. The Morgan fingerprint density at radius 2 is 2.09 bits per heavy atom. The number of ether oxygens (including phenoxy) is 1. The zero-order chi connectivity index (χ0) is 16.3. The highest BCUT2D eigenvalue weighted by Crippen LogP contribution is 2.27. The molecule has 1 aliphatic heterocycles. The van der Waals surface area contributed by atoms with Gasteiger partial charge >= 0.3 is 6.36 Å². The average molecular weight is 316 g/mol. The second-order valence-corrected chi connectivity index (χ2v) is 5.01. The van der Waals surface area contributed by atoms with Crippen LogP contribution in [0.1, 0.15) is 18.4 Å². The third-order valence-electron chi connectivity index (χ3n) is 3.28. The van der Waals surface area contributed by atoms with Gasteiger partial charge in [0.15, 0.2) is 0 Å². The van der Waals surface area contributed by atoms with E-state index in [0.29, 0.717) is 6.42 Å². The van der Waals surface area contributed by atoms with Crippen LogP contribution in [0.5, 0.6) is 5.75 Å². The minimum atomic E-state index is -4.79. The number of halogens is 3. The lowest BCUT2D eigenvalue weighted by Crippen LogP contribution is -2.42. The Morgan fingerprint density at radius 1 is 1.41 bits per heavy atom. The Hall–Kier alpha value is -2.25. The summed E-state index contributed by atoms with van der Waals surface area (Å²) in [6, 6.07) is 5.02. The molecular formula is C14H15F3N2O3. The zero-order valence-corrected chi connectivity index (χ0v) is 11.8. The minimum Gasteiger partial charge on any atom is -0.405 e. The first-order valence-electron chi connectivity index (χ1n) is 6.64. The largest absolute Gasteiger partial charge is 0.573 e. The van der Waals surface area contributed by atoms with E-state index in [2.05, 4.69) is 10.1 Å². The topological polar surface area (TPSA) is 58.6 Å². The normalized spacial score (nSPS) is 18.0. The van der Waals surface area contributed by atoms with E-state index in [0.717, 1.165) is 0 Å². The number of carbonyl (C=O) groups excluding carboxylic acids is 2. The lowest BCUT2D eigenvalue weighted by molar-refractivity contribution is -0.275. The first-order chi connectivity index (χ1) is 10.3. The Kier molecular flexibility index (Phi) is 4.58. The van der Waals surface area contributed by atoms with E-state index in [-0.39, 0.29) is 36.1 Å². The summed E-state index contributed by atoms with van der Waals surface area (Å²) in [4.78, 5) is 24.5. The summed E-state index contributed by atoms with van der Waals surface area (Å²) in [5, 5.41) is 2.53. The smallest absolute Gasteiger partial charge is 0.405 e. The predicted molar refractivity (Wildman–Crippen MR) is 70.8 cm³/mol. The van der Waals surface area contributed by atoms with Crippen LogP contribution in [0.3, 0.4) is 0 Å². The lowest BCUT2D eigenvalue weighted by atomic mass is 10.1. The summed E-state index contributed by atoms with van der Waals surface area (Å²) in [7, 11) is 1.47. The monoisotopic (exact) mass is 316 g/mol. The van der Waals surface area contributed by atoms with E-state index in [1.165, 1.54) is 30.1 Å². The highest BCUT2D eigenvalue weighted by Gasteiger charge is 2.33. The molecule has 1 atom stereocenters. The third kappa shape index (κ3) is 4.12. The maximum atomic E-state index is 12.4. The number of alkyl halides is 3. The molecule has 1 N–H and O–H groups in total. The number of amides is 2. The number of carbonyl (C=O) groups is 2. The molecule has 2 amide bonds. The first-order valence-corrected chi connectivity index (χ1v) is 6.64. The first kappa shape index (κ1) is 16.1. The molecule has 1 aliphatic rings. The Balaban J connectivity index is 2.06. The van der Waals surface area contributed by atoms with Crippen LogP contribution in [0.4, 0.5) is 13.2 Å². The van der Waals surface area contributed by atoms with Crippen molar-refractivity contribution in [2.75, 3.05) is 7.05 Å². The van der Waals surface area contributed by atoms with E-state index in [1.54, 1.807) is 6.07 Å². The van der Waals surface area contributed by atoms with E-state index in [9.17, 15) is 22.8 Å². The summed E-state index contributed by atoms with van der Waals surface area (Å²) in [6.45, 7) is -0.0442. The van der Waals surface area contributed by atoms with Gasteiger partial charge in [0, 0.05) is 25.6 Å². The van der Waals surface area contributed by atoms with Gasteiger partial charge < -0.3 is 15.0 Å². The number of rotatable bonds is 4. The fraction of sp³-hybridized carbons (Fsp3) is 0.429. The maximum absolute atomic E-state index is 12.4. The zero-order valence-electron chi connectivity index (χ0n) is 11.8. The molecule has 0 unspecified atom stereocenters. The molecule has 0 aromatic heterocycles. The number of likely N-dealkylation sites (N-methyl/N-ethyl adjacent to an activating group) is 1. The highest BCUT2D eigenvalue weighted by atomic mass is 19.4. The third-order valence-corrected chi connectivity index (χ3v) is 3.28. The Labute approximate surface area is 125 Å². The molecule has 8 heteroatoms. The van der Waals surface area contributed by atoms with Crippen molar-refractivity contribution < 1.29 is 27.5 Å². The van der Waals surface area contributed by atoms with E-state index < -0.39 is 12.4 Å². The van der Waals surface area contributed by atoms with Crippen LogP contribution >= 0.6 is 0 Å². The van der Waals surface area contributed by atoms with E-state index in [1.807, 2.05) is 0 Å². The summed E-state index contributed by atoms with van der Waals surface area (Å²) in [6.07, 6.45) is -4.13. The van der Waals surface area contributed by atoms with Gasteiger partial charge in [0.05, 0.1) is 0 Å². The van der Waals surface area contributed by atoms with Gasteiger partial charge in [-0.3, -0.25) is 9.59 Å². The Bertz CT molecular complexity index is 575. The van der Waals surface area contributed by atoms with Crippen molar-refractivity contribution in [2.24, 2.45) is 0 Å². The molecule has 5 nitrogen and oxygen atoms in total.